The molecule has 0 saturated carbocycles. The van der Waals surface area contributed by atoms with Gasteiger partial charge in [-0.2, -0.15) is 0 Å². The van der Waals surface area contributed by atoms with Crippen molar-refractivity contribution in [1.82, 2.24) is 31.5 Å². The lowest BCUT2D eigenvalue weighted by atomic mass is 10.1. The smallest absolute Gasteiger partial charge is 0.328 e. The number of aliphatic hydroxyl groups is 2. The number of carbonyl (C=O) groups excluding carboxylic acids is 6. The normalized spacial score (nSPS) is 16.6. The average molecular weight is 819 g/mol. The van der Waals surface area contributed by atoms with Crippen LogP contribution in [0.25, 0.3) is 0 Å². The lowest BCUT2D eigenvalue weighted by Gasteiger charge is -2.30. The van der Waals surface area contributed by atoms with Gasteiger partial charge in [0, 0.05) is 25.9 Å². The van der Waals surface area contributed by atoms with Gasteiger partial charge < -0.3 is 79.3 Å². The maximum Gasteiger partial charge on any atom is 0.328 e. The minimum absolute atomic E-state index is 0.0112. The van der Waals surface area contributed by atoms with E-state index in [1.54, 1.807) is 0 Å². The van der Waals surface area contributed by atoms with Crippen LogP contribution in [0, 0.1) is 0 Å². The second-order valence-corrected chi connectivity index (χ2v) is 12.7. The van der Waals surface area contributed by atoms with Crippen LogP contribution in [0.15, 0.2) is 4.99 Å². The van der Waals surface area contributed by atoms with Gasteiger partial charge >= 0.3 is 23.9 Å². The molecule has 26 heteroatoms. The van der Waals surface area contributed by atoms with Crippen molar-refractivity contribution in [2.24, 2.45) is 22.2 Å². The van der Waals surface area contributed by atoms with Crippen LogP contribution in [0.5, 0.6) is 0 Å². The maximum absolute atomic E-state index is 13.8. The summed E-state index contributed by atoms with van der Waals surface area (Å²) < 4.78 is 0. The van der Waals surface area contributed by atoms with E-state index in [1.165, 1.54) is 0 Å². The number of likely N-dealkylation sites (tertiary alicyclic amines) is 1. The Morgan fingerprint density at radius 1 is 0.649 bits per heavy atom. The van der Waals surface area contributed by atoms with E-state index >= 15 is 0 Å². The van der Waals surface area contributed by atoms with Crippen LogP contribution < -0.4 is 43.8 Å². The average Bonchev–Trinajstić information content (AvgIpc) is 3.63. The molecule has 26 nitrogen and oxygen atoms in total. The standard InChI is InChI=1S/C31H50N10O16/c32-14(5-7-21(44)45)24(50)38-17(11-23(48)49)26(52)39-18(12-42)27(53)36-15(6-8-22(46)47)25(51)37-16(3-1-9-35-31(33)34)29(55)41-10-2-4-20(41)28(54)40-19(13-43)30(56)57/h14-20,42-43H,1-13,32H2,(H,36,53)(H,37,51)(H,38,50)(H,39,52)(H,40,54)(H,44,45)(H,46,47)(H,48,49)(H,56,57)(H4,33,34,35)/t14-,15-,16-,17-,18-,19-,20-/m0/s1. The summed E-state index contributed by atoms with van der Waals surface area (Å²) in [6.07, 6.45) is -3.02. The first-order valence-corrected chi connectivity index (χ1v) is 17.4. The van der Waals surface area contributed by atoms with E-state index < -0.39 is 141 Å². The highest BCUT2D eigenvalue weighted by Crippen LogP contribution is 2.20. The molecular weight excluding hydrogens is 768 g/mol. The minimum Gasteiger partial charge on any atom is -0.481 e. The topological polar surface area (TPSA) is 446 Å². The molecule has 0 unspecified atom stereocenters. The molecule has 1 aliphatic rings. The van der Waals surface area contributed by atoms with Crippen molar-refractivity contribution in [2.45, 2.75) is 100 Å². The fraction of sp³-hybridized carbons (Fsp3) is 0.645. The molecule has 1 fully saturated rings. The summed E-state index contributed by atoms with van der Waals surface area (Å²) in [5, 5.41) is 66.6. The number of nitrogens with two attached hydrogens (primary N) is 3. The number of nitrogens with one attached hydrogen (secondary N) is 5. The van der Waals surface area contributed by atoms with E-state index in [4.69, 9.17) is 22.3 Å². The Hall–Kier alpha value is -6.15. The molecule has 17 N–H and O–H groups in total. The van der Waals surface area contributed by atoms with Crippen molar-refractivity contribution in [2.75, 3.05) is 26.3 Å². The number of rotatable bonds is 26. The number of carbonyl (C=O) groups is 10. The molecule has 320 valence electrons. The highest BCUT2D eigenvalue weighted by molar-refractivity contribution is 5.98. The van der Waals surface area contributed by atoms with Crippen LogP contribution in [-0.2, 0) is 47.9 Å². The lowest BCUT2D eigenvalue weighted by Crippen LogP contribution is -2.60. The number of aliphatic hydroxyl groups excluding tert-OH is 2. The Balaban J connectivity index is 3.30. The molecule has 0 aromatic rings. The molecule has 0 radical (unpaired) electrons. The van der Waals surface area contributed by atoms with Gasteiger partial charge in [-0.15, -0.1) is 0 Å². The first-order valence-electron chi connectivity index (χ1n) is 17.4. The Morgan fingerprint density at radius 2 is 1.18 bits per heavy atom. The number of nitrogens with zero attached hydrogens (tertiary/aromatic N) is 2. The summed E-state index contributed by atoms with van der Waals surface area (Å²) in [5.41, 5.74) is 16.3. The van der Waals surface area contributed by atoms with Gasteiger partial charge in [-0.05, 0) is 38.5 Å². The zero-order valence-corrected chi connectivity index (χ0v) is 30.6. The van der Waals surface area contributed by atoms with Gasteiger partial charge in [-0.3, -0.25) is 48.1 Å². The van der Waals surface area contributed by atoms with E-state index in [2.05, 4.69) is 20.9 Å². The molecule has 0 bridgehead atoms. The molecular formula is C31H50N10O16. The van der Waals surface area contributed by atoms with Gasteiger partial charge in [0.15, 0.2) is 5.96 Å². The third kappa shape index (κ3) is 17.5. The van der Waals surface area contributed by atoms with Crippen molar-refractivity contribution >= 4 is 65.3 Å². The number of hydrogen-bond donors (Lipinski definition) is 14. The summed E-state index contributed by atoms with van der Waals surface area (Å²) in [6.45, 7) is -2.15. The molecule has 1 rings (SSSR count). The van der Waals surface area contributed by atoms with Gasteiger partial charge in [0.1, 0.15) is 36.3 Å². The summed E-state index contributed by atoms with van der Waals surface area (Å²) in [7, 11) is 0. The van der Waals surface area contributed by atoms with E-state index in [0.29, 0.717) is 0 Å². The number of aliphatic imine (C=N–C) groups is 1. The molecule has 57 heavy (non-hydrogen) atoms. The number of carboxylic acids is 4. The monoisotopic (exact) mass is 818 g/mol. The highest BCUT2D eigenvalue weighted by Gasteiger charge is 2.40. The van der Waals surface area contributed by atoms with Gasteiger partial charge in [-0.1, -0.05) is 0 Å². The van der Waals surface area contributed by atoms with Gasteiger partial charge in [0.2, 0.25) is 35.4 Å². The quantitative estimate of drug-likeness (QED) is 0.0219. The highest BCUT2D eigenvalue weighted by atomic mass is 16.4. The Morgan fingerprint density at radius 3 is 1.72 bits per heavy atom. The number of aliphatic carboxylic acids is 4. The number of guanidine groups is 1. The van der Waals surface area contributed by atoms with E-state index in [1.807, 2.05) is 10.6 Å². The molecule has 0 aromatic heterocycles. The van der Waals surface area contributed by atoms with Crippen molar-refractivity contribution in [3.05, 3.63) is 0 Å². The SMILES string of the molecule is NC(N)=NCCC[C@H](NC(=O)[C@H](CCC(=O)O)NC(=O)[C@H](CO)NC(=O)[C@H](CC(=O)O)NC(=O)[C@@H](N)CCC(=O)O)C(=O)N1CCC[C@H]1C(=O)N[C@@H](CO)C(=O)O. The molecule has 1 saturated heterocycles. The molecule has 1 heterocycles. The largest absolute Gasteiger partial charge is 0.481 e. The molecule has 7 atom stereocenters. The van der Waals surface area contributed by atoms with Crippen LogP contribution >= 0.6 is 0 Å². The molecule has 0 spiro atoms. The van der Waals surface area contributed by atoms with Crippen LogP contribution in [0.3, 0.4) is 0 Å². The molecule has 6 amide bonds. The Bertz CT molecular complexity index is 1520. The Kier molecular flexibility index (Phi) is 20.9. The number of carboxylic acid groups (broad SMARTS) is 4. The van der Waals surface area contributed by atoms with Gasteiger partial charge in [0.05, 0.1) is 25.7 Å². The second kappa shape index (κ2) is 24.4. The zero-order valence-electron chi connectivity index (χ0n) is 30.6. The van der Waals surface area contributed by atoms with Crippen LogP contribution in [0.4, 0.5) is 0 Å². The summed E-state index contributed by atoms with van der Waals surface area (Å²) in [4.78, 5) is 129. The molecule has 0 aliphatic carbocycles. The second-order valence-electron chi connectivity index (χ2n) is 12.7. The zero-order chi connectivity index (χ0) is 43.4. The lowest BCUT2D eigenvalue weighted by molar-refractivity contribution is -0.146. The minimum atomic E-state index is -1.93. The van der Waals surface area contributed by atoms with E-state index in [-0.39, 0.29) is 51.2 Å². The predicted octanol–water partition coefficient (Wildman–Crippen LogP) is -6.94. The van der Waals surface area contributed by atoms with Crippen LogP contribution in [-0.4, -0.2) is 169 Å². The van der Waals surface area contributed by atoms with Crippen molar-refractivity contribution in [1.29, 1.82) is 0 Å². The fourth-order valence-electron chi connectivity index (χ4n) is 5.34. The summed E-state index contributed by atoms with van der Waals surface area (Å²) >= 11 is 0. The first kappa shape index (κ1) is 48.9. The van der Waals surface area contributed by atoms with Gasteiger partial charge in [-0.25, -0.2) is 4.79 Å². The number of hydrogen-bond acceptors (Lipinski definition) is 14. The van der Waals surface area contributed by atoms with Crippen molar-refractivity contribution in [3.8, 4) is 0 Å². The third-order valence-corrected chi connectivity index (χ3v) is 8.31. The maximum atomic E-state index is 13.8. The predicted molar refractivity (Wildman–Crippen MR) is 190 cm³/mol. The van der Waals surface area contributed by atoms with Crippen molar-refractivity contribution in [3.63, 3.8) is 0 Å². The van der Waals surface area contributed by atoms with Crippen LogP contribution in [0.1, 0.15) is 57.8 Å². The molecule has 1 aliphatic heterocycles. The molecule has 0 aromatic carbocycles. The summed E-state index contributed by atoms with van der Waals surface area (Å²) in [5.74, 6) is -12.7. The summed E-state index contributed by atoms with van der Waals surface area (Å²) in [6, 6.07) is -11.4. The fourth-order valence-corrected chi connectivity index (χ4v) is 5.34. The van der Waals surface area contributed by atoms with E-state index in [0.717, 1.165) is 4.90 Å². The first-order chi connectivity index (χ1) is 26.7. The van der Waals surface area contributed by atoms with Crippen LogP contribution in [0.2, 0.25) is 0 Å². The van der Waals surface area contributed by atoms with E-state index in [9.17, 15) is 73.5 Å². The van der Waals surface area contributed by atoms with Gasteiger partial charge in [0.25, 0.3) is 0 Å². The third-order valence-electron chi connectivity index (χ3n) is 8.31. The van der Waals surface area contributed by atoms with Crippen molar-refractivity contribution < 1.29 is 78.6 Å². The Labute approximate surface area is 323 Å². The number of amides is 6.